The molecule has 0 spiro atoms. The van der Waals surface area contributed by atoms with E-state index in [0.717, 1.165) is 0 Å². The maximum Gasteiger partial charge on any atom is 0.310 e. The minimum absolute atomic E-state index is 0.149. The molecular formula is C16H17NO4. The zero-order valence-electron chi connectivity index (χ0n) is 11.8. The number of aliphatic hydroxyl groups is 1. The third-order valence-corrected chi connectivity index (χ3v) is 3.47. The van der Waals surface area contributed by atoms with E-state index in [0.29, 0.717) is 30.6 Å². The summed E-state index contributed by atoms with van der Waals surface area (Å²) in [6.45, 7) is 0.643. The first-order chi connectivity index (χ1) is 10.2. The number of carbonyl (C=O) groups is 2. The second kappa shape index (κ2) is 6.91. The predicted molar refractivity (Wildman–Crippen MR) is 76.4 cm³/mol. The first-order valence-electron chi connectivity index (χ1n) is 6.73. The van der Waals surface area contributed by atoms with E-state index in [1.807, 2.05) is 0 Å². The van der Waals surface area contributed by atoms with Crippen LogP contribution >= 0.6 is 0 Å². The van der Waals surface area contributed by atoms with Gasteiger partial charge in [-0.2, -0.15) is 0 Å². The van der Waals surface area contributed by atoms with Crippen LogP contribution in [0.2, 0.25) is 0 Å². The van der Waals surface area contributed by atoms with Crippen molar-refractivity contribution in [2.45, 2.75) is 6.42 Å². The Labute approximate surface area is 123 Å². The van der Waals surface area contributed by atoms with Gasteiger partial charge in [0.1, 0.15) is 6.61 Å². The fraction of sp³-hybridized carbons (Fsp3) is 0.375. The summed E-state index contributed by atoms with van der Waals surface area (Å²) in [6.07, 6.45) is 0.614. The summed E-state index contributed by atoms with van der Waals surface area (Å²) < 4.78 is 4.72. The Balaban J connectivity index is 2.16. The molecule has 1 aromatic rings. The van der Waals surface area contributed by atoms with Crippen LogP contribution in [0, 0.1) is 17.8 Å². The van der Waals surface area contributed by atoms with Crippen LogP contribution in [0.15, 0.2) is 24.3 Å². The standard InChI is InChI=1S/C16H17NO4/c1-21-16(20)13-8-9-17(11-13)15(19)14-7-3-2-5-12(14)6-4-10-18/h2-3,5,7,13,18H,8-11H2,1H3. The number of methoxy groups -OCH3 is 1. The highest BCUT2D eigenvalue weighted by Crippen LogP contribution is 2.21. The molecule has 0 aromatic heterocycles. The number of likely N-dealkylation sites (tertiary alicyclic amines) is 1. The molecule has 0 radical (unpaired) electrons. The molecule has 1 atom stereocenters. The molecule has 2 rings (SSSR count). The van der Waals surface area contributed by atoms with Crippen LogP contribution in [0.4, 0.5) is 0 Å². The summed E-state index contributed by atoms with van der Waals surface area (Å²) in [5, 5.41) is 8.77. The van der Waals surface area contributed by atoms with Gasteiger partial charge in [-0.15, -0.1) is 0 Å². The molecule has 1 N–H and O–H groups in total. The van der Waals surface area contributed by atoms with Crippen LogP contribution in [0.25, 0.3) is 0 Å². The minimum atomic E-state index is -0.279. The molecule has 1 aliphatic rings. The van der Waals surface area contributed by atoms with Gasteiger partial charge in [-0.3, -0.25) is 9.59 Å². The maximum absolute atomic E-state index is 12.5. The Morgan fingerprint density at radius 1 is 1.43 bits per heavy atom. The van der Waals surface area contributed by atoms with Crippen LogP contribution in [0.3, 0.4) is 0 Å². The lowest BCUT2D eigenvalue weighted by Crippen LogP contribution is -2.30. The third-order valence-electron chi connectivity index (χ3n) is 3.47. The fourth-order valence-electron chi connectivity index (χ4n) is 2.39. The number of rotatable bonds is 2. The van der Waals surface area contributed by atoms with E-state index in [2.05, 4.69) is 11.8 Å². The van der Waals surface area contributed by atoms with E-state index in [1.165, 1.54) is 7.11 Å². The van der Waals surface area contributed by atoms with E-state index >= 15 is 0 Å². The number of ether oxygens (including phenoxy) is 1. The van der Waals surface area contributed by atoms with Gasteiger partial charge < -0.3 is 14.7 Å². The van der Waals surface area contributed by atoms with Crippen molar-refractivity contribution in [2.75, 3.05) is 26.8 Å². The topological polar surface area (TPSA) is 66.8 Å². The second-order valence-corrected chi connectivity index (χ2v) is 4.77. The van der Waals surface area contributed by atoms with Crippen molar-refractivity contribution in [1.82, 2.24) is 4.90 Å². The smallest absolute Gasteiger partial charge is 0.310 e. The summed E-state index contributed by atoms with van der Waals surface area (Å²) in [7, 11) is 1.35. The summed E-state index contributed by atoms with van der Waals surface area (Å²) in [6, 6.07) is 7.00. The summed E-state index contributed by atoms with van der Waals surface area (Å²) in [4.78, 5) is 25.7. The number of amides is 1. The number of carbonyl (C=O) groups excluding carboxylic acids is 2. The van der Waals surface area contributed by atoms with E-state index < -0.39 is 0 Å². The SMILES string of the molecule is COC(=O)C1CCN(C(=O)c2ccccc2C#CCO)C1. The van der Waals surface area contributed by atoms with Crippen molar-refractivity contribution in [3.63, 3.8) is 0 Å². The average Bonchev–Trinajstić information content (AvgIpc) is 3.01. The lowest BCUT2D eigenvalue weighted by atomic mass is 10.1. The minimum Gasteiger partial charge on any atom is -0.469 e. The second-order valence-electron chi connectivity index (χ2n) is 4.77. The quantitative estimate of drug-likeness (QED) is 0.641. The molecule has 1 heterocycles. The third kappa shape index (κ3) is 3.41. The predicted octanol–water partition coefficient (Wildman–Crippen LogP) is 0.665. The zero-order chi connectivity index (χ0) is 15.2. The number of benzene rings is 1. The van der Waals surface area contributed by atoms with Crippen LogP contribution in [0.5, 0.6) is 0 Å². The zero-order valence-corrected chi connectivity index (χ0v) is 11.8. The highest BCUT2D eigenvalue weighted by molar-refractivity contribution is 5.97. The van der Waals surface area contributed by atoms with Gasteiger partial charge in [0.2, 0.25) is 0 Å². The van der Waals surface area contributed by atoms with Gasteiger partial charge in [-0.1, -0.05) is 24.0 Å². The number of aliphatic hydroxyl groups excluding tert-OH is 1. The molecule has 21 heavy (non-hydrogen) atoms. The van der Waals surface area contributed by atoms with E-state index in [1.54, 1.807) is 29.2 Å². The molecule has 0 saturated carbocycles. The van der Waals surface area contributed by atoms with Gasteiger partial charge in [0.25, 0.3) is 5.91 Å². The Bertz CT molecular complexity index is 600. The van der Waals surface area contributed by atoms with E-state index in [4.69, 9.17) is 9.84 Å². The summed E-state index contributed by atoms with van der Waals surface area (Å²) >= 11 is 0. The van der Waals surface area contributed by atoms with Crippen molar-refractivity contribution in [2.24, 2.45) is 5.92 Å². The van der Waals surface area contributed by atoms with Crippen LogP contribution in [0.1, 0.15) is 22.3 Å². The highest BCUT2D eigenvalue weighted by Gasteiger charge is 2.32. The lowest BCUT2D eigenvalue weighted by Gasteiger charge is -2.17. The molecule has 0 bridgehead atoms. The Morgan fingerprint density at radius 3 is 2.90 bits per heavy atom. The highest BCUT2D eigenvalue weighted by atomic mass is 16.5. The molecule has 1 fully saturated rings. The largest absolute Gasteiger partial charge is 0.469 e. The molecular weight excluding hydrogens is 270 g/mol. The van der Waals surface area contributed by atoms with E-state index in [9.17, 15) is 9.59 Å². The van der Waals surface area contributed by atoms with E-state index in [-0.39, 0.29) is 24.4 Å². The Kier molecular flexibility index (Phi) is 4.96. The molecule has 0 aliphatic carbocycles. The summed E-state index contributed by atoms with van der Waals surface area (Å²) in [5.74, 6) is 4.64. The molecule has 5 nitrogen and oxygen atoms in total. The first-order valence-corrected chi connectivity index (χ1v) is 6.73. The molecule has 110 valence electrons. The van der Waals surface area contributed by atoms with Crippen molar-refractivity contribution in [3.8, 4) is 11.8 Å². The number of nitrogens with zero attached hydrogens (tertiary/aromatic N) is 1. The monoisotopic (exact) mass is 287 g/mol. The van der Waals surface area contributed by atoms with Gasteiger partial charge in [0.15, 0.2) is 0 Å². The maximum atomic E-state index is 12.5. The average molecular weight is 287 g/mol. The molecule has 1 unspecified atom stereocenters. The fourth-order valence-corrected chi connectivity index (χ4v) is 2.39. The van der Waals surface area contributed by atoms with Gasteiger partial charge in [0.05, 0.1) is 18.6 Å². The number of esters is 1. The molecule has 1 amide bonds. The molecule has 1 aromatic carbocycles. The van der Waals surface area contributed by atoms with Crippen molar-refractivity contribution in [1.29, 1.82) is 0 Å². The Morgan fingerprint density at radius 2 is 2.19 bits per heavy atom. The summed E-state index contributed by atoms with van der Waals surface area (Å²) in [5.41, 5.74) is 1.07. The first kappa shape index (κ1) is 15.1. The molecule has 1 aliphatic heterocycles. The lowest BCUT2D eigenvalue weighted by molar-refractivity contribution is -0.144. The van der Waals surface area contributed by atoms with Crippen molar-refractivity contribution in [3.05, 3.63) is 35.4 Å². The van der Waals surface area contributed by atoms with Gasteiger partial charge in [0, 0.05) is 18.7 Å². The molecule has 5 heteroatoms. The van der Waals surface area contributed by atoms with Crippen molar-refractivity contribution >= 4 is 11.9 Å². The molecule has 1 saturated heterocycles. The van der Waals surface area contributed by atoms with Crippen molar-refractivity contribution < 1.29 is 19.4 Å². The number of hydrogen-bond acceptors (Lipinski definition) is 4. The van der Waals surface area contributed by atoms with Gasteiger partial charge >= 0.3 is 5.97 Å². The Hall–Kier alpha value is -2.32. The van der Waals surface area contributed by atoms with Gasteiger partial charge in [-0.25, -0.2) is 0 Å². The number of hydrogen-bond donors (Lipinski definition) is 1. The van der Waals surface area contributed by atoms with Crippen LogP contribution in [-0.4, -0.2) is 48.7 Å². The van der Waals surface area contributed by atoms with Crippen LogP contribution in [-0.2, 0) is 9.53 Å². The normalized spacial score (nSPS) is 17.0. The van der Waals surface area contributed by atoms with Gasteiger partial charge in [-0.05, 0) is 18.6 Å². The van der Waals surface area contributed by atoms with Crippen LogP contribution < -0.4 is 0 Å².